The van der Waals surface area contributed by atoms with Crippen molar-refractivity contribution in [1.82, 2.24) is 9.80 Å². The van der Waals surface area contributed by atoms with Gasteiger partial charge in [0.15, 0.2) is 0 Å². The predicted molar refractivity (Wildman–Crippen MR) is 61.3 cm³/mol. The van der Waals surface area contributed by atoms with Crippen LogP contribution in [-0.4, -0.2) is 29.6 Å². The Morgan fingerprint density at radius 3 is 2.33 bits per heavy atom. The van der Waals surface area contributed by atoms with E-state index in [1.54, 1.807) is 0 Å². The predicted octanol–water partition coefficient (Wildman–Crippen LogP) is 2.05. The van der Waals surface area contributed by atoms with Gasteiger partial charge in [-0.2, -0.15) is 0 Å². The molecule has 2 heteroatoms. The van der Waals surface area contributed by atoms with Crippen molar-refractivity contribution in [3.8, 4) is 0 Å². The lowest BCUT2D eigenvalue weighted by Crippen LogP contribution is -2.39. The maximum atomic E-state index is 2.61. The Bertz CT molecular complexity index is 336. The molecule has 0 amide bonds. The van der Waals surface area contributed by atoms with E-state index in [9.17, 15) is 0 Å². The summed E-state index contributed by atoms with van der Waals surface area (Å²) in [5, 5.41) is 0. The van der Waals surface area contributed by atoms with Gasteiger partial charge in [0.2, 0.25) is 0 Å². The standard InChI is InChI=1S/C13H18N2/c1-14-8-4-7-13(14)15-9-11-5-2-3-6-12(11)10-15/h2-3,5-6,13H,4,7-10H2,1H3/t13-/m1/s1. The van der Waals surface area contributed by atoms with Crippen LogP contribution in [0.1, 0.15) is 24.0 Å². The number of nitrogens with zero attached hydrogens (tertiary/aromatic N) is 2. The Morgan fingerprint density at radius 2 is 1.80 bits per heavy atom. The molecule has 0 aromatic heterocycles. The van der Waals surface area contributed by atoms with Crippen LogP contribution in [-0.2, 0) is 13.1 Å². The smallest absolute Gasteiger partial charge is 0.0626 e. The molecule has 0 spiro atoms. The van der Waals surface area contributed by atoms with Gasteiger partial charge in [-0.3, -0.25) is 9.80 Å². The average molecular weight is 202 g/mol. The second-order valence-corrected chi connectivity index (χ2v) is 4.78. The zero-order chi connectivity index (χ0) is 10.3. The molecule has 1 aromatic rings. The summed E-state index contributed by atoms with van der Waals surface area (Å²) in [4.78, 5) is 5.10. The minimum atomic E-state index is 0.678. The maximum Gasteiger partial charge on any atom is 0.0626 e. The molecule has 80 valence electrons. The van der Waals surface area contributed by atoms with Gasteiger partial charge < -0.3 is 0 Å². The molecule has 0 N–H and O–H groups in total. The van der Waals surface area contributed by atoms with E-state index in [4.69, 9.17) is 0 Å². The van der Waals surface area contributed by atoms with E-state index in [2.05, 4.69) is 41.1 Å². The molecule has 0 bridgehead atoms. The first-order valence-electron chi connectivity index (χ1n) is 5.86. The first kappa shape index (κ1) is 9.37. The molecule has 0 radical (unpaired) electrons. The lowest BCUT2D eigenvalue weighted by atomic mass is 10.1. The van der Waals surface area contributed by atoms with E-state index in [0.29, 0.717) is 6.17 Å². The highest BCUT2D eigenvalue weighted by Gasteiger charge is 2.30. The van der Waals surface area contributed by atoms with Crippen molar-refractivity contribution in [1.29, 1.82) is 0 Å². The minimum absolute atomic E-state index is 0.678. The summed E-state index contributed by atoms with van der Waals surface area (Å²) in [7, 11) is 2.25. The zero-order valence-corrected chi connectivity index (χ0v) is 9.32. The van der Waals surface area contributed by atoms with Gasteiger partial charge in [0.1, 0.15) is 0 Å². The summed E-state index contributed by atoms with van der Waals surface area (Å²) in [5.41, 5.74) is 3.05. The van der Waals surface area contributed by atoms with E-state index in [1.807, 2.05) is 0 Å². The summed E-state index contributed by atoms with van der Waals surface area (Å²) in [5.74, 6) is 0. The second kappa shape index (κ2) is 3.62. The lowest BCUT2D eigenvalue weighted by Gasteiger charge is -2.29. The summed E-state index contributed by atoms with van der Waals surface area (Å²) in [6.45, 7) is 3.55. The van der Waals surface area contributed by atoms with Gasteiger partial charge in [0.25, 0.3) is 0 Å². The van der Waals surface area contributed by atoms with Crippen molar-refractivity contribution in [2.45, 2.75) is 32.1 Å². The zero-order valence-electron chi connectivity index (χ0n) is 9.32. The Balaban J connectivity index is 1.78. The van der Waals surface area contributed by atoms with Crippen LogP contribution in [0.5, 0.6) is 0 Å². The molecular weight excluding hydrogens is 184 g/mol. The number of likely N-dealkylation sites (tertiary alicyclic amines) is 1. The van der Waals surface area contributed by atoms with Crippen molar-refractivity contribution in [2.75, 3.05) is 13.6 Å². The average Bonchev–Trinajstić information content (AvgIpc) is 2.82. The van der Waals surface area contributed by atoms with Gasteiger partial charge in [0.05, 0.1) is 6.17 Å². The molecule has 0 aliphatic carbocycles. The molecular formula is C13H18N2. The third kappa shape index (κ3) is 1.58. The van der Waals surface area contributed by atoms with Gasteiger partial charge >= 0.3 is 0 Å². The number of rotatable bonds is 1. The fourth-order valence-corrected chi connectivity index (χ4v) is 2.92. The third-order valence-corrected chi connectivity index (χ3v) is 3.77. The summed E-state index contributed by atoms with van der Waals surface area (Å²) >= 11 is 0. The van der Waals surface area contributed by atoms with Gasteiger partial charge in [-0.15, -0.1) is 0 Å². The normalized spacial score (nSPS) is 27.1. The van der Waals surface area contributed by atoms with E-state index in [0.717, 1.165) is 13.1 Å². The van der Waals surface area contributed by atoms with Crippen molar-refractivity contribution in [3.05, 3.63) is 35.4 Å². The molecule has 2 nitrogen and oxygen atoms in total. The van der Waals surface area contributed by atoms with Crippen LogP contribution in [0.25, 0.3) is 0 Å². The highest BCUT2D eigenvalue weighted by molar-refractivity contribution is 5.30. The Labute approximate surface area is 91.5 Å². The van der Waals surface area contributed by atoms with Crippen LogP contribution in [0.4, 0.5) is 0 Å². The highest BCUT2D eigenvalue weighted by Crippen LogP contribution is 2.29. The molecule has 0 saturated carbocycles. The van der Waals surface area contributed by atoms with Crippen molar-refractivity contribution >= 4 is 0 Å². The number of hydrogen-bond acceptors (Lipinski definition) is 2. The summed E-state index contributed by atoms with van der Waals surface area (Å²) in [6.07, 6.45) is 3.37. The van der Waals surface area contributed by atoms with Gasteiger partial charge in [-0.25, -0.2) is 0 Å². The van der Waals surface area contributed by atoms with Crippen LogP contribution >= 0.6 is 0 Å². The fraction of sp³-hybridized carbons (Fsp3) is 0.538. The van der Waals surface area contributed by atoms with Gasteiger partial charge in [-0.05, 0) is 37.6 Å². The molecule has 0 unspecified atom stereocenters. The summed E-state index contributed by atoms with van der Waals surface area (Å²) in [6, 6.07) is 8.84. The second-order valence-electron chi connectivity index (χ2n) is 4.78. The van der Waals surface area contributed by atoms with Crippen molar-refractivity contribution < 1.29 is 0 Å². The van der Waals surface area contributed by atoms with Crippen molar-refractivity contribution in [2.24, 2.45) is 0 Å². The SMILES string of the molecule is CN1CCC[C@H]1N1Cc2ccccc2C1. The maximum absolute atomic E-state index is 2.61. The monoisotopic (exact) mass is 202 g/mol. The molecule has 1 aromatic carbocycles. The van der Waals surface area contributed by atoms with E-state index < -0.39 is 0 Å². The van der Waals surface area contributed by atoms with E-state index >= 15 is 0 Å². The topological polar surface area (TPSA) is 6.48 Å². The molecule has 1 atom stereocenters. The molecule has 15 heavy (non-hydrogen) atoms. The van der Waals surface area contributed by atoms with Gasteiger partial charge in [-0.1, -0.05) is 24.3 Å². The molecule has 1 saturated heterocycles. The Kier molecular flexibility index (Phi) is 2.26. The number of fused-ring (bicyclic) bond motifs is 1. The Hall–Kier alpha value is -0.860. The largest absolute Gasteiger partial charge is 0.291 e. The quantitative estimate of drug-likeness (QED) is 0.687. The molecule has 2 heterocycles. The van der Waals surface area contributed by atoms with Crippen LogP contribution in [0, 0.1) is 0 Å². The van der Waals surface area contributed by atoms with Gasteiger partial charge in [0, 0.05) is 13.1 Å². The molecule has 1 fully saturated rings. The van der Waals surface area contributed by atoms with Crippen LogP contribution in [0.2, 0.25) is 0 Å². The van der Waals surface area contributed by atoms with E-state index in [1.165, 1.54) is 30.5 Å². The first-order chi connectivity index (χ1) is 7.34. The summed E-state index contributed by atoms with van der Waals surface area (Å²) < 4.78 is 0. The third-order valence-electron chi connectivity index (χ3n) is 3.77. The minimum Gasteiger partial charge on any atom is -0.291 e. The molecule has 3 rings (SSSR count). The van der Waals surface area contributed by atoms with Crippen molar-refractivity contribution in [3.63, 3.8) is 0 Å². The fourth-order valence-electron chi connectivity index (χ4n) is 2.92. The Morgan fingerprint density at radius 1 is 1.13 bits per heavy atom. The molecule has 2 aliphatic heterocycles. The first-order valence-corrected chi connectivity index (χ1v) is 5.86. The van der Waals surface area contributed by atoms with Crippen LogP contribution < -0.4 is 0 Å². The van der Waals surface area contributed by atoms with Crippen LogP contribution in [0.15, 0.2) is 24.3 Å². The van der Waals surface area contributed by atoms with Crippen LogP contribution in [0.3, 0.4) is 0 Å². The number of hydrogen-bond donors (Lipinski definition) is 0. The molecule has 2 aliphatic rings. The number of benzene rings is 1. The lowest BCUT2D eigenvalue weighted by molar-refractivity contribution is 0.0915. The highest BCUT2D eigenvalue weighted by atomic mass is 15.4. The van der Waals surface area contributed by atoms with E-state index in [-0.39, 0.29) is 0 Å².